The molecule has 2 aromatic carbocycles. The van der Waals surface area contributed by atoms with Crippen LogP contribution in [-0.4, -0.2) is 22.0 Å². The Morgan fingerprint density at radius 1 is 1.13 bits per heavy atom. The molecule has 23 heavy (non-hydrogen) atoms. The number of carbonyl (C=O) groups excluding carboxylic acids is 1. The van der Waals surface area contributed by atoms with Crippen LogP contribution in [0.4, 0.5) is 16.2 Å². The smallest absolute Gasteiger partial charge is 0.307 e. The summed E-state index contributed by atoms with van der Waals surface area (Å²) >= 11 is 0. The van der Waals surface area contributed by atoms with E-state index in [1.54, 1.807) is 12.4 Å². The lowest BCUT2D eigenvalue weighted by Crippen LogP contribution is -2.39. The van der Waals surface area contributed by atoms with Crippen LogP contribution in [0.25, 0.3) is 11.0 Å². The quantitative estimate of drug-likeness (QED) is 0.747. The lowest BCUT2D eigenvalue weighted by molar-refractivity contribution is 0.256. The summed E-state index contributed by atoms with van der Waals surface area (Å²) in [5, 5.41) is 2.97. The molecule has 2 amide bonds. The molecule has 0 unspecified atom stereocenters. The lowest BCUT2D eigenvalue weighted by Gasteiger charge is -2.23. The first kappa shape index (κ1) is 13.7. The second-order valence-corrected chi connectivity index (χ2v) is 5.74. The molecule has 3 aromatic rings. The number of rotatable bonds is 1. The molecule has 5 nitrogen and oxygen atoms in total. The van der Waals surface area contributed by atoms with Crippen LogP contribution in [0.3, 0.4) is 0 Å². The highest BCUT2D eigenvalue weighted by atomic mass is 16.2. The summed E-state index contributed by atoms with van der Waals surface area (Å²) in [7, 11) is 0. The van der Waals surface area contributed by atoms with E-state index in [1.807, 2.05) is 41.3 Å². The molecule has 0 spiro atoms. The van der Waals surface area contributed by atoms with Gasteiger partial charge >= 0.3 is 6.03 Å². The van der Waals surface area contributed by atoms with Gasteiger partial charge in [-0.1, -0.05) is 18.2 Å². The van der Waals surface area contributed by atoms with Crippen molar-refractivity contribution in [3.63, 3.8) is 0 Å². The van der Waals surface area contributed by atoms with Gasteiger partial charge in [0.2, 0.25) is 0 Å². The van der Waals surface area contributed by atoms with Crippen molar-refractivity contribution in [3.05, 3.63) is 60.4 Å². The summed E-state index contributed by atoms with van der Waals surface area (Å²) in [5.74, 6) is 0. The Hall–Kier alpha value is -2.95. The largest absolute Gasteiger partial charge is 0.326 e. The van der Waals surface area contributed by atoms with Crippen molar-refractivity contribution in [2.45, 2.75) is 19.4 Å². The maximum atomic E-state index is 12.7. The van der Waals surface area contributed by atoms with Crippen LogP contribution >= 0.6 is 0 Å². The third-order valence-corrected chi connectivity index (χ3v) is 4.15. The SMILES string of the molecule is C[C@H]1Cc2ccccc2N1C(=O)Nc1ccc2nccnc2c1. The molecular weight excluding hydrogens is 288 g/mol. The third-order valence-electron chi connectivity index (χ3n) is 4.15. The number of nitrogens with zero attached hydrogens (tertiary/aromatic N) is 3. The van der Waals surface area contributed by atoms with Crippen LogP contribution < -0.4 is 10.2 Å². The predicted octanol–water partition coefficient (Wildman–Crippen LogP) is 3.61. The zero-order chi connectivity index (χ0) is 15.8. The molecule has 0 saturated carbocycles. The zero-order valence-corrected chi connectivity index (χ0v) is 12.7. The summed E-state index contributed by atoms with van der Waals surface area (Å²) in [4.78, 5) is 23.0. The van der Waals surface area contributed by atoms with E-state index in [-0.39, 0.29) is 12.1 Å². The maximum absolute atomic E-state index is 12.7. The van der Waals surface area contributed by atoms with Crippen LogP contribution in [0.1, 0.15) is 12.5 Å². The Morgan fingerprint density at radius 3 is 2.78 bits per heavy atom. The topological polar surface area (TPSA) is 58.1 Å². The molecule has 114 valence electrons. The number of nitrogens with one attached hydrogen (secondary N) is 1. The lowest BCUT2D eigenvalue weighted by atomic mass is 10.1. The van der Waals surface area contributed by atoms with Crippen molar-refractivity contribution in [2.75, 3.05) is 10.2 Å². The molecule has 1 aliphatic rings. The van der Waals surface area contributed by atoms with Gasteiger partial charge in [0.15, 0.2) is 0 Å². The van der Waals surface area contributed by atoms with E-state index >= 15 is 0 Å². The van der Waals surface area contributed by atoms with Gasteiger partial charge in [0.1, 0.15) is 0 Å². The van der Waals surface area contributed by atoms with Gasteiger partial charge in [-0.15, -0.1) is 0 Å². The van der Waals surface area contributed by atoms with E-state index in [2.05, 4.69) is 28.3 Å². The van der Waals surface area contributed by atoms with E-state index in [1.165, 1.54) is 5.56 Å². The summed E-state index contributed by atoms with van der Waals surface area (Å²) < 4.78 is 0. The Balaban J connectivity index is 1.62. The molecule has 1 aliphatic heterocycles. The second-order valence-electron chi connectivity index (χ2n) is 5.74. The summed E-state index contributed by atoms with van der Waals surface area (Å²) in [6, 6.07) is 13.6. The summed E-state index contributed by atoms with van der Waals surface area (Å²) in [6.45, 7) is 2.06. The average Bonchev–Trinajstić information content (AvgIpc) is 2.90. The van der Waals surface area contributed by atoms with Gasteiger partial charge in [0.25, 0.3) is 0 Å². The Kier molecular flexibility index (Phi) is 3.19. The Labute approximate surface area is 134 Å². The number of fused-ring (bicyclic) bond motifs is 2. The molecule has 0 saturated heterocycles. The molecule has 4 rings (SSSR count). The molecule has 0 fully saturated rings. The Bertz CT molecular complexity index is 893. The highest BCUT2D eigenvalue weighted by molar-refractivity contribution is 6.04. The molecule has 0 aliphatic carbocycles. The van der Waals surface area contributed by atoms with Gasteiger partial charge in [-0.05, 0) is 43.2 Å². The van der Waals surface area contributed by atoms with E-state index in [0.29, 0.717) is 0 Å². The van der Waals surface area contributed by atoms with Crippen LogP contribution in [0.5, 0.6) is 0 Å². The maximum Gasteiger partial charge on any atom is 0.326 e. The van der Waals surface area contributed by atoms with Crippen molar-refractivity contribution in [2.24, 2.45) is 0 Å². The molecule has 0 radical (unpaired) electrons. The first-order chi connectivity index (χ1) is 11.2. The minimum Gasteiger partial charge on any atom is -0.307 e. The van der Waals surface area contributed by atoms with Crippen molar-refractivity contribution in [1.29, 1.82) is 0 Å². The minimum atomic E-state index is -0.120. The van der Waals surface area contributed by atoms with Gasteiger partial charge in [-0.25, -0.2) is 4.79 Å². The number of benzene rings is 2. The summed E-state index contributed by atoms with van der Waals surface area (Å²) in [5.41, 5.74) is 4.49. The fourth-order valence-corrected chi connectivity index (χ4v) is 3.10. The monoisotopic (exact) mass is 304 g/mol. The Morgan fingerprint density at radius 2 is 1.91 bits per heavy atom. The van der Waals surface area contributed by atoms with E-state index in [9.17, 15) is 4.79 Å². The van der Waals surface area contributed by atoms with Crippen LogP contribution in [0, 0.1) is 0 Å². The highest BCUT2D eigenvalue weighted by Gasteiger charge is 2.30. The number of hydrogen-bond donors (Lipinski definition) is 1. The van der Waals surface area contributed by atoms with Crippen LogP contribution in [0.15, 0.2) is 54.9 Å². The van der Waals surface area contributed by atoms with Gasteiger partial charge in [-0.2, -0.15) is 0 Å². The van der Waals surface area contributed by atoms with Gasteiger partial charge < -0.3 is 5.32 Å². The number of hydrogen-bond acceptors (Lipinski definition) is 3. The molecule has 1 N–H and O–H groups in total. The van der Waals surface area contributed by atoms with Crippen molar-refractivity contribution < 1.29 is 4.79 Å². The van der Waals surface area contributed by atoms with Gasteiger partial charge in [-0.3, -0.25) is 14.9 Å². The van der Waals surface area contributed by atoms with E-state index in [4.69, 9.17) is 0 Å². The molecular formula is C18H16N4O. The number of urea groups is 1. The molecule has 5 heteroatoms. The number of anilines is 2. The highest BCUT2D eigenvalue weighted by Crippen LogP contribution is 2.32. The zero-order valence-electron chi connectivity index (χ0n) is 12.7. The number of amides is 2. The second kappa shape index (κ2) is 5.35. The third kappa shape index (κ3) is 2.40. The van der Waals surface area contributed by atoms with Crippen LogP contribution in [0.2, 0.25) is 0 Å². The first-order valence-corrected chi connectivity index (χ1v) is 7.61. The fraction of sp³-hybridized carbons (Fsp3) is 0.167. The summed E-state index contributed by atoms with van der Waals surface area (Å²) in [6.07, 6.45) is 4.18. The first-order valence-electron chi connectivity index (χ1n) is 7.61. The number of aromatic nitrogens is 2. The van der Waals surface area contributed by atoms with Crippen molar-refractivity contribution in [1.82, 2.24) is 9.97 Å². The predicted molar refractivity (Wildman–Crippen MR) is 90.6 cm³/mol. The normalized spacial score (nSPS) is 16.4. The number of carbonyl (C=O) groups is 1. The van der Waals surface area contributed by atoms with Crippen molar-refractivity contribution in [3.8, 4) is 0 Å². The number of para-hydroxylation sites is 1. The average molecular weight is 304 g/mol. The molecule has 2 heterocycles. The van der Waals surface area contributed by atoms with Gasteiger partial charge in [0.05, 0.1) is 11.0 Å². The molecule has 1 aromatic heterocycles. The van der Waals surface area contributed by atoms with Crippen LogP contribution in [-0.2, 0) is 6.42 Å². The van der Waals surface area contributed by atoms with E-state index < -0.39 is 0 Å². The van der Waals surface area contributed by atoms with Gasteiger partial charge in [0, 0.05) is 29.8 Å². The molecule has 0 bridgehead atoms. The standard InChI is InChI=1S/C18H16N4O/c1-12-10-13-4-2-3-5-17(13)22(12)18(23)21-14-6-7-15-16(11-14)20-9-8-19-15/h2-9,11-12H,10H2,1H3,(H,21,23)/t12-/m0/s1. The van der Waals surface area contributed by atoms with Crippen molar-refractivity contribution >= 4 is 28.4 Å². The molecule has 1 atom stereocenters. The minimum absolute atomic E-state index is 0.120. The van der Waals surface area contributed by atoms with E-state index in [0.717, 1.165) is 28.8 Å². The fourth-order valence-electron chi connectivity index (χ4n) is 3.10.